The third-order valence-electron chi connectivity index (χ3n) is 3.99. The third-order valence-corrected chi connectivity index (χ3v) is 5.68. The van der Waals surface area contributed by atoms with E-state index in [9.17, 15) is 4.79 Å². The first kappa shape index (κ1) is 19.9. The van der Waals surface area contributed by atoms with Crippen LogP contribution in [-0.2, 0) is 10.5 Å². The number of rotatable bonds is 8. The molecule has 0 radical (unpaired) electrons. The van der Waals surface area contributed by atoms with Crippen LogP contribution in [0.15, 0.2) is 60.7 Å². The highest BCUT2D eigenvalue weighted by atomic mass is 35.5. The van der Waals surface area contributed by atoms with Crippen LogP contribution in [0.2, 0.25) is 10.0 Å². The molecule has 0 saturated carbocycles. The second-order valence-corrected chi connectivity index (χ2v) is 7.79. The van der Waals surface area contributed by atoms with E-state index >= 15 is 0 Å². The molecule has 0 atom stereocenters. The SMILES string of the molecule is O=C(COc1cccc2ccccc12)NCCSCc1c(Cl)cccc1Cl. The quantitative estimate of drug-likeness (QED) is 0.484. The zero-order chi connectivity index (χ0) is 19.1. The van der Waals surface area contributed by atoms with Gasteiger partial charge in [-0.3, -0.25) is 4.79 Å². The molecular formula is C21H19Cl2NO2S. The van der Waals surface area contributed by atoms with Crippen LogP contribution < -0.4 is 10.1 Å². The topological polar surface area (TPSA) is 38.3 Å². The molecule has 0 heterocycles. The minimum absolute atomic E-state index is 0.00494. The molecule has 0 fully saturated rings. The second-order valence-electron chi connectivity index (χ2n) is 5.87. The Morgan fingerprint density at radius 3 is 2.48 bits per heavy atom. The monoisotopic (exact) mass is 419 g/mol. The molecule has 0 spiro atoms. The standard InChI is InChI=1S/C21H19Cl2NO2S/c22-18-8-4-9-19(23)17(18)14-27-12-11-24-21(25)13-26-20-10-3-6-15-5-1-2-7-16(15)20/h1-10H,11-14H2,(H,24,25). The molecule has 27 heavy (non-hydrogen) atoms. The molecule has 0 saturated heterocycles. The van der Waals surface area contributed by atoms with E-state index in [1.807, 2.05) is 60.7 Å². The number of hydrogen-bond acceptors (Lipinski definition) is 3. The Labute approximate surface area is 173 Å². The van der Waals surface area contributed by atoms with Crippen LogP contribution in [0.5, 0.6) is 5.75 Å². The smallest absolute Gasteiger partial charge is 0.257 e. The van der Waals surface area contributed by atoms with E-state index in [4.69, 9.17) is 27.9 Å². The van der Waals surface area contributed by atoms with E-state index < -0.39 is 0 Å². The van der Waals surface area contributed by atoms with Gasteiger partial charge in [0.05, 0.1) is 0 Å². The molecule has 3 nitrogen and oxygen atoms in total. The second kappa shape index (κ2) is 9.88. The van der Waals surface area contributed by atoms with Crippen molar-refractivity contribution in [1.29, 1.82) is 0 Å². The first-order valence-electron chi connectivity index (χ1n) is 8.53. The Morgan fingerprint density at radius 2 is 1.67 bits per heavy atom. The summed E-state index contributed by atoms with van der Waals surface area (Å²) < 4.78 is 5.69. The number of fused-ring (bicyclic) bond motifs is 1. The fourth-order valence-corrected chi connectivity index (χ4v) is 4.22. The largest absolute Gasteiger partial charge is 0.483 e. The first-order chi connectivity index (χ1) is 13.1. The molecule has 1 N–H and O–H groups in total. The van der Waals surface area contributed by atoms with E-state index in [2.05, 4.69) is 5.32 Å². The van der Waals surface area contributed by atoms with Gasteiger partial charge in [-0.2, -0.15) is 11.8 Å². The van der Waals surface area contributed by atoms with Gasteiger partial charge in [-0.1, -0.05) is 65.7 Å². The Balaban J connectivity index is 1.40. The molecule has 0 unspecified atom stereocenters. The summed E-state index contributed by atoms with van der Waals surface area (Å²) in [6.45, 7) is 0.555. The molecule has 3 aromatic rings. The highest BCUT2D eigenvalue weighted by molar-refractivity contribution is 7.98. The van der Waals surface area contributed by atoms with E-state index in [-0.39, 0.29) is 12.5 Å². The van der Waals surface area contributed by atoms with Crippen molar-refractivity contribution in [2.75, 3.05) is 18.9 Å². The van der Waals surface area contributed by atoms with Crippen molar-refractivity contribution in [3.05, 3.63) is 76.3 Å². The number of hydrogen-bond donors (Lipinski definition) is 1. The van der Waals surface area contributed by atoms with Crippen molar-refractivity contribution >= 4 is 51.6 Å². The van der Waals surface area contributed by atoms with E-state index in [1.165, 1.54) is 0 Å². The Bertz CT molecular complexity index is 907. The lowest BCUT2D eigenvalue weighted by atomic mass is 10.1. The van der Waals surface area contributed by atoms with Crippen LogP contribution in [0.3, 0.4) is 0 Å². The summed E-state index contributed by atoms with van der Waals surface area (Å²) in [6, 6.07) is 19.2. The van der Waals surface area contributed by atoms with Gasteiger partial charge in [-0.05, 0) is 29.1 Å². The molecule has 1 amide bonds. The molecule has 140 valence electrons. The Hall–Kier alpha value is -1.88. The van der Waals surface area contributed by atoms with Crippen molar-refractivity contribution < 1.29 is 9.53 Å². The van der Waals surface area contributed by atoms with Crippen LogP contribution in [-0.4, -0.2) is 24.8 Å². The summed E-state index contributed by atoms with van der Waals surface area (Å²) >= 11 is 14.0. The summed E-state index contributed by atoms with van der Waals surface area (Å²) in [5.74, 6) is 2.05. The van der Waals surface area contributed by atoms with Crippen LogP contribution in [0.25, 0.3) is 10.8 Å². The fraction of sp³-hybridized carbons (Fsp3) is 0.190. The third kappa shape index (κ3) is 5.55. The lowest BCUT2D eigenvalue weighted by Crippen LogP contribution is -2.30. The summed E-state index contributed by atoms with van der Waals surface area (Å²) in [6.07, 6.45) is 0. The zero-order valence-electron chi connectivity index (χ0n) is 14.6. The van der Waals surface area contributed by atoms with Gasteiger partial charge >= 0.3 is 0 Å². The number of amides is 1. The lowest BCUT2D eigenvalue weighted by molar-refractivity contribution is -0.122. The first-order valence-corrected chi connectivity index (χ1v) is 10.4. The van der Waals surface area contributed by atoms with Gasteiger partial charge in [-0.25, -0.2) is 0 Å². The molecular weight excluding hydrogens is 401 g/mol. The summed E-state index contributed by atoms with van der Waals surface area (Å²) in [7, 11) is 0. The molecule has 0 aromatic heterocycles. The van der Waals surface area contributed by atoms with Crippen molar-refractivity contribution in [2.45, 2.75) is 5.75 Å². The minimum Gasteiger partial charge on any atom is -0.483 e. The van der Waals surface area contributed by atoms with E-state index in [0.717, 1.165) is 22.1 Å². The minimum atomic E-state index is -0.140. The number of halogens is 2. The highest BCUT2D eigenvalue weighted by Crippen LogP contribution is 2.28. The number of nitrogens with one attached hydrogen (secondary N) is 1. The average Bonchev–Trinajstić information content (AvgIpc) is 2.68. The predicted octanol–water partition coefficient (Wildman–Crippen LogP) is 5.58. The number of carbonyl (C=O) groups is 1. The maximum atomic E-state index is 12.0. The van der Waals surface area contributed by atoms with Gasteiger partial charge in [0.1, 0.15) is 5.75 Å². The van der Waals surface area contributed by atoms with Crippen molar-refractivity contribution in [1.82, 2.24) is 5.32 Å². The molecule has 0 aliphatic carbocycles. The normalized spacial score (nSPS) is 10.7. The Kier molecular flexibility index (Phi) is 7.27. The van der Waals surface area contributed by atoms with Crippen LogP contribution in [0.4, 0.5) is 0 Å². The Morgan fingerprint density at radius 1 is 0.963 bits per heavy atom. The van der Waals surface area contributed by atoms with Gasteiger partial charge in [0, 0.05) is 33.5 Å². The van der Waals surface area contributed by atoms with Gasteiger partial charge < -0.3 is 10.1 Å². The number of ether oxygens (including phenoxy) is 1. The maximum Gasteiger partial charge on any atom is 0.257 e. The molecule has 3 rings (SSSR count). The van der Waals surface area contributed by atoms with Crippen LogP contribution in [0.1, 0.15) is 5.56 Å². The highest BCUT2D eigenvalue weighted by Gasteiger charge is 2.07. The number of carbonyl (C=O) groups excluding carboxylic acids is 1. The van der Waals surface area contributed by atoms with Gasteiger partial charge in [-0.15, -0.1) is 0 Å². The molecule has 0 bridgehead atoms. The average molecular weight is 420 g/mol. The fourth-order valence-electron chi connectivity index (χ4n) is 2.62. The molecule has 3 aromatic carbocycles. The zero-order valence-corrected chi connectivity index (χ0v) is 16.9. The van der Waals surface area contributed by atoms with E-state index in [1.54, 1.807) is 11.8 Å². The van der Waals surface area contributed by atoms with Crippen LogP contribution in [0, 0.1) is 0 Å². The summed E-state index contributed by atoms with van der Waals surface area (Å²) in [5, 5.41) is 6.29. The van der Waals surface area contributed by atoms with Crippen molar-refractivity contribution in [2.24, 2.45) is 0 Å². The predicted molar refractivity (Wildman–Crippen MR) is 115 cm³/mol. The van der Waals surface area contributed by atoms with Gasteiger partial charge in [0.25, 0.3) is 5.91 Å². The summed E-state index contributed by atoms with van der Waals surface area (Å²) in [4.78, 5) is 12.0. The van der Waals surface area contributed by atoms with Gasteiger partial charge in [0.2, 0.25) is 0 Å². The van der Waals surface area contributed by atoms with Crippen molar-refractivity contribution in [3.8, 4) is 5.75 Å². The van der Waals surface area contributed by atoms with Gasteiger partial charge in [0.15, 0.2) is 6.61 Å². The maximum absolute atomic E-state index is 12.0. The van der Waals surface area contributed by atoms with E-state index in [0.29, 0.717) is 28.1 Å². The molecule has 0 aliphatic rings. The molecule has 0 aliphatic heterocycles. The number of thioether (sulfide) groups is 1. The van der Waals surface area contributed by atoms with Crippen LogP contribution >= 0.6 is 35.0 Å². The number of benzene rings is 3. The van der Waals surface area contributed by atoms with Crippen molar-refractivity contribution in [3.63, 3.8) is 0 Å². The molecule has 6 heteroatoms. The summed E-state index contributed by atoms with van der Waals surface area (Å²) in [5.41, 5.74) is 0.927. The lowest BCUT2D eigenvalue weighted by Gasteiger charge is -2.10.